The van der Waals surface area contributed by atoms with Crippen LogP contribution in [0, 0.1) is 53.3 Å². The number of hydrogen-bond donors (Lipinski definition) is 11. The van der Waals surface area contributed by atoms with Gasteiger partial charge in [-0.1, -0.05) is 312 Å². The van der Waals surface area contributed by atoms with Crippen molar-refractivity contribution in [3.63, 3.8) is 0 Å². The fourth-order valence-electron chi connectivity index (χ4n) is 16.9. The molecule has 11 N–H and O–H groups in total. The normalized spacial score (nSPS) is 21.4. The van der Waals surface area contributed by atoms with Crippen LogP contribution in [-0.2, 0) is 86.1 Å². The number of aliphatic hydroxyl groups is 4. The van der Waals surface area contributed by atoms with E-state index in [1.54, 1.807) is 12.5 Å². The smallest absolute Gasteiger partial charge is 0.373 e. The molecule has 138 heavy (non-hydrogen) atoms. The van der Waals surface area contributed by atoms with E-state index in [9.17, 15) is 43.2 Å². The van der Waals surface area contributed by atoms with E-state index in [2.05, 4.69) is 115 Å². The van der Waals surface area contributed by atoms with Crippen LogP contribution in [0.1, 0.15) is 386 Å². The van der Waals surface area contributed by atoms with Crippen LogP contribution in [0.15, 0.2) is 108 Å². The fraction of sp³-hybridized carbons (Fsp3) is 0.720. The van der Waals surface area contributed by atoms with E-state index >= 15 is 0 Å². The van der Waals surface area contributed by atoms with Gasteiger partial charge in [0.25, 0.3) is 0 Å². The molecular weight excluding hydrogens is 1780 g/mol. The Bertz CT molecular complexity index is 3490. The van der Waals surface area contributed by atoms with Gasteiger partial charge in [-0.25, -0.2) is 14.4 Å². The number of carbonyl (C=O) groups is 9. The first-order valence-electron chi connectivity index (χ1n) is 50.8. The summed E-state index contributed by atoms with van der Waals surface area (Å²) in [6.45, 7) is 18.3. The molecule has 31 nitrogen and oxygen atoms in total. The quantitative estimate of drug-likeness (QED) is 0.0125. The first-order valence-corrected chi connectivity index (χ1v) is 50.8. The third kappa shape index (κ3) is 76.5. The maximum Gasteiger partial charge on any atom is 0.373 e. The van der Waals surface area contributed by atoms with E-state index in [4.69, 9.17) is 94.4 Å². The minimum Gasteiger partial charge on any atom is -0.481 e. The number of allylic oxidation sites excluding steroid dienone is 13. The van der Waals surface area contributed by atoms with Gasteiger partial charge in [0.05, 0.1) is 19.5 Å². The summed E-state index contributed by atoms with van der Waals surface area (Å²) in [6, 6.07) is 2.92. The van der Waals surface area contributed by atoms with Gasteiger partial charge in [-0.15, -0.1) is 0 Å². The highest BCUT2D eigenvalue weighted by atomic mass is 16.6. The van der Waals surface area contributed by atoms with Gasteiger partial charge in [0.1, 0.15) is 24.4 Å². The lowest BCUT2D eigenvalue weighted by molar-refractivity contribution is -0.193. The number of hydrogen-bond acceptors (Lipinski definition) is 24. The highest BCUT2D eigenvalue weighted by Crippen LogP contribution is 2.48. The van der Waals surface area contributed by atoms with Crippen molar-refractivity contribution in [1.29, 1.82) is 0 Å². The average Bonchev–Trinajstić information content (AvgIpc) is 1.52. The number of rotatable bonds is 60. The Morgan fingerprint density at radius 2 is 0.783 bits per heavy atom. The molecule has 0 amide bonds. The van der Waals surface area contributed by atoms with Crippen LogP contribution in [0.4, 0.5) is 0 Å². The first-order chi connectivity index (χ1) is 66.3. The molecule has 6 aliphatic rings. The molecule has 0 aromatic carbocycles. The van der Waals surface area contributed by atoms with Crippen molar-refractivity contribution in [3.8, 4) is 0 Å². The molecule has 1 aromatic rings. The summed E-state index contributed by atoms with van der Waals surface area (Å²) in [4.78, 5) is 142. The van der Waals surface area contributed by atoms with Gasteiger partial charge in [0.2, 0.25) is 5.76 Å². The number of unbranched alkanes of at least 4 members (excludes halogenated alkanes) is 29. The van der Waals surface area contributed by atoms with E-state index in [0.29, 0.717) is 80.0 Å². The van der Waals surface area contributed by atoms with Crippen molar-refractivity contribution in [2.24, 2.45) is 53.3 Å². The van der Waals surface area contributed by atoms with Crippen molar-refractivity contribution in [2.45, 2.75) is 413 Å². The van der Waals surface area contributed by atoms with Crippen LogP contribution in [-0.4, -0.2) is 191 Å². The lowest BCUT2D eigenvalue weighted by atomic mass is 9.63. The second-order valence-electron chi connectivity index (χ2n) is 35.4. The number of fused-ring (bicyclic) bond motifs is 2. The van der Waals surface area contributed by atoms with Gasteiger partial charge in [0, 0.05) is 57.7 Å². The summed E-state index contributed by atoms with van der Waals surface area (Å²) in [5, 5.41) is 93.7. The van der Waals surface area contributed by atoms with E-state index < -0.39 is 78.1 Å². The van der Waals surface area contributed by atoms with Crippen LogP contribution in [0.3, 0.4) is 0 Å². The summed E-state index contributed by atoms with van der Waals surface area (Å²) in [7, 11) is 0. The Morgan fingerprint density at radius 3 is 1.16 bits per heavy atom. The molecule has 788 valence electrons. The molecule has 31 heteroatoms. The largest absolute Gasteiger partial charge is 0.481 e. The van der Waals surface area contributed by atoms with Crippen molar-refractivity contribution < 1.29 is 151 Å². The summed E-state index contributed by atoms with van der Waals surface area (Å²) in [5.74, 6) is -0.496. The van der Waals surface area contributed by atoms with Gasteiger partial charge in [-0.05, 0) is 170 Å². The van der Waals surface area contributed by atoms with Crippen molar-refractivity contribution >= 4 is 72.2 Å². The Hall–Kier alpha value is -9.41. The van der Waals surface area contributed by atoms with Crippen LogP contribution in [0.25, 0.3) is 0 Å². The molecule has 0 saturated carbocycles. The maximum absolute atomic E-state index is 10.8. The Kier molecular flexibility index (Phi) is 93.0. The van der Waals surface area contributed by atoms with Crippen molar-refractivity contribution in [3.05, 3.63) is 109 Å². The number of aliphatic hydroxyl groups excluding tert-OH is 4. The van der Waals surface area contributed by atoms with Crippen LogP contribution < -0.4 is 0 Å². The minimum absolute atomic E-state index is 0.0231. The zero-order valence-corrected chi connectivity index (χ0v) is 84.0. The number of aromatic carboxylic acids is 1. The minimum atomic E-state index is -1.03. The lowest BCUT2D eigenvalue weighted by Gasteiger charge is -2.41. The highest BCUT2D eigenvalue weighted by Gasteiger charge is 2.46. The predicted octanol–water partition coefficient (Wildman–Crippen LogP) is 21.5. The van der Waals surface area contributed by atoms with Gasteiger partial charge >= 0.3 is 72.2 Å². The predicted molar refractivity (Wildman–Crippen MR) is 523 cm³/mol. The number of carboxylic acids is 7. The van der Waals surface area contributed by atoms with Gasteiger partial charge < -0.3 is 79.5 Å². The molecular formula is C107H174O31. The van der Waals surface area contributed by atoms with Crippen LogP contribution >= 0.6 is 0 Å². The van der Waals surface area contributed by atoms with E-state index in [1.807, 2.05) is 6.08 Å². The molecule has 0 spiro atoms. The second-order valence-corrected chi connectivity index (χ2v) is 35.4. The van der Waals surface area contributed by atoms with E-state index in [1.165, 1.54) is 218 Å². The van der Waals surface area contributed by atoms with Crippen molar-refractivity contribution in [1.82, 2.24) is 0 Å². The van der Waals surface area contributed by atoms with Crippen molar-refractivity contribution in [2.75, 3.05) is 26.4 Å². The third-order valence-electron chi connectivity index (χ3n) is 24.2. The third-order valence-corrected chi connectivity index (χ3v) is 24.2. The molecule has 4 heterocycles. The standard InChI is InChI=1S/C38H66O4.C34H54O4.C9H18O2.C6H10O4.C6H8O4.C5H4O3.C3H6O2.C3H8O2.3CO2/c1-3-5-7-19-25-33-31-32-34(26-20-15-14-18-24-30-38(41)42)36(35(33)27-21-8-6-4-2)28-22-16-12-10-9-11-13-17-23-29-37(39)40;1-3-5-17-27-23-24-30-25-28(18-13-9-7-11-15-21-33(35)36)29(26-32(30)31(27)20-6-4-2)19-14-10-8-12-16-22-34(37)38;1-2-3-4-5-6-7-8-9(10)11;7-3-1-9-6-4(8)2-10-5(3)6;1-3-5(7)10-4(2)6(8)9-3;6-5(7)4-2-1-3-8-4;1-2-3(4)5;4-2-1-3-5;3*2-1-3/h12,16,22,28,31-36H,3-11,13-15,17-21,23-27,29-30H2,1-2H3,(H,39,40)(H,41,42);4,6,20,23-24,26-31H,2-3,5,7-19,21-22,25H2,1H3,(H,35,36)(H,37,38);2-8H2,1H3,(H,10,11);3-8H,1-2H2;3-4H,1-2H3;1-3H,(H,6,7);2H2,1H3,(H,4,5);4-5H,1-3H2;;;/t;;;3-,4+,5-,6-;;;;;;;/m...1......./s1. The second kappa shape index (κ2) is 95.1. The number of carboxylic acid groups (broad SMARTS) is 7. The maximum atomic E-state index is 10.8. The molecule has 0 bridgehead atoms. The summed E-state index contributed by atoms with van der Waals surface area (Å²) in [5.41, 5.74) is 1.64. The zero-order chi connectivity index (χ0) is 104. The summed E-state index contributed by atoms with van der Waals surface area (Å²) < 4.78 is 23.8. The summed E-state index contributed by atoms with van der Waals surface area (Å²) in [6.07, 6.45) is 81.5. The highest BCUT2D eigenvalue weighted by molar-refractivity contribution is 5.87. The fourth-order valence-corrected chi connectivity index (χ4v) is 16.9. The average molecular weight is 1960 g/mol. The van der Waals surface area contributed by atoms with Gasteiger partial charge in [-0.2, -0.15) is 28.8 Å². The lowest BCUT2D eigenvalue weighted by Crippen LogP contribution is -2.40. The monoisotopic (exact) mass is 1960 g/mol. The number of furan rings is 1. The number of cyclic esters (lactones) is 2. The number of ether oxygens (including phenoxy) is 4. The molecule has 1 aromatic heterocycles. The molecule has 3 aliphatic carbocycles. The number of esters is 2. The van der Waals surface area contributed by atoms with E-state index in [-0.39, 0.29) is 69.3 Å². The Morgan fingerprint density at radius 1 is 0.420 bits per heavy atom. The molecule has 3 fully saturated rings. The van der Waals surface area contributed by atoms with Gasteiger partial charge in [0.15, 0.2) is 12.2 Å². The molecule has 15 atom stereocenters. The zero-order valence-electron chi connectivity index (χ0n) is 84.0. The van der Waals surface area contributed by atoms with E-state index in [0.717, 1.165) is 108 Å². The molecule has 3 aliphatic heterocycles. The molecule has 0 radical (unpaired) electrons. The van der Waals surface area contributed by atoms with Crippen LogP contribution in [0.5, 0.6) is 0 Å². The van der Waals surface area contributed by atoms with Gasteiger partial charge in [-0.3, -0.25) is 28.8 Å². The van der Waals surface area contributed by atoms with Crippen LogP contribution in [0.2, 0.25) is 0 Å². The Balaban J connectivity index is -0.000000828. The molecule has 11 unspecified atom stereocenters. The SMILES string of the molecule is C=CC=CC1C2=CC(CCCCCCCC(=O)O)C(CCCCCCCC(=O)O)CC2C=CC1CCCC.CC1OC(=O)C(C)OC1=O.CCC(=O)O.CCCCCCC1C=CC(CCCCCCCC(=O)O)C(C=CC=CCCCCCCCC(=O)O)C1CCCCCC.CCCCCCCCC(=O)O.O=C(O)c1ccco1.O=C=O.O=C=O.O=C=O.OCCCO.O[C@@H]1CO[C@H]2[C@@H]1OC[C@@H]2O. The Labute approximate surface area is 821 Å². The first kappa shape index (κ1) is 135. The molecule has 7 rings (SSSR count). The summed E-state index contributed by atoms with van der Waals surface area (Å²) >= 11 is 0. The number of carbonyl (C=O) groups excluding carboxylic acids is 8. The topological polar surface area (TPSA) is 529 Å². The molecule has 3 saturated heterocycles. The number of aliphatic carboxylic acids is 6.